The smallest absolute Gasteiger partial charge is 0.407 e. The lowest BCUT2D eigenvalue weighted by molar-refractivity contribution is 0.0827. The molecule has 0 saturated carbocycles. The van der Waals surface area contributed by atoms with Crippen molar-refractivity contribution in [1.82, 2.24) is 15.1 Å². The molecular weight excluding hydrogens is 254 g/mol. The van der Waals surface area contributed by atoms with Gasteiger partial charge in [0.15, 0.2) is 0 Å². The number of nitrogens with zero attached hydrogens (tertiary/aromatic N) is 2. The highest BCUT2D eigenvalue weighted by molar-refractivity contribution is 5.68. The quantitative estimate of drug-likeness (QED) is 0.857. The molecule has 118 valence electrons. The minimum atomic E-state index is -0.288. The summed E-state index contributed by atoms with van der Waals surface area (Å²) in [5, 5.41) is 2.86. The molecule has 1 fully saturated rings. The maximum Gasteiger partial charge on any atom is 0.407 e. The van der Waals surface area contributed by atoms with Crippen LogP contribution in [-0.2, 0) is 4.74 Å². The van der Waals surface area contributed by atoms with Crippen molar-refractivity contribution in [1.29, 1.82) is 0 Å². The Morgan fingerprint density at radius 1 is 1.30 bits per heavy atom. The van der Waals surface area contributed by atoms with Crippen LogP contribution in [0.3, 0.4) is 0 Å². The van der Waals surface area contributed by atoms with Crippen molar-refractivity contribution < 1.29 is 9.53 Å². The van der Waals surface area contributed by atoms with Gasteiger partial charge in [0.25, 0.3) is 0 Å². The van der Waals surface area contributed by atoms with Crippen LogP contribution in [0.1, 0.15) is 40.0 Å². The second kappa shape index (κ2) is 7.84. The zero-order chi connectivity index (χ0) is 15.2. The van der Waals surface area contributed by atoms with Gasteiger partial charge < -0.3 is 19.9 Å². The summed E-state index contributed by atoms with van der Waals surface area (Å²) in [5.74, 6) is 0. The first-order valence-electron chi connectivity index (χ1n) is 7.62. The summed E-state index contributed by atoms with van der Waals surface area (Å²) in [6.45, 7) is 10.2. The molecule has 0 radical (unpaired) electrons. The fourth-order valence-corrected chi connectivity index (χ4v) is 2.30. The fraction of sp³-hybridized carbons (Fsp3) is 0.933. The number of amides is 1. The van der Waals surface area contributed by atoms with E-state index < -0.39 is 0 Å². The standard InChI is InChI=1S/C15H31N3O2/c1-15(2,3)16-14(19)20-13-7-6-9-18(10-8-13)12-11-17(4)5/h13H,6-12H2,1-5H3,(H,16,19)/t13-/m0/s1. The average Bonchev–Trinajstić information content (AvgIpc) is 2.49. The van der Waals surface area contributed by atoms with E-state index in [2.05, 4.69) is 29.2 Å². The predicted octanol–water partition coefficient (Wildman–Crippen LogP) is 1.93. The van der Waals surface area contributed by atoms with Crippen molar-refractivity contribution in [2.75, 3.05) is 40.3 Å². The van der Waals surface area contributed by atoms with Gasteiger partial charge in [0.1, 0.15) is 6.10 Å². The number of hydrogen-bond donors (Lipinski definition) is 1. The third-order valence-electron chi connectivity index (χ3n) is 3.38. The Hall–Kier alpha value is -0.810. The van der Waals surface area contributed by atoms with Crippen LogP contribution < -0.4 is 5.32 Å². The number of ether oxygens (including phenoxy) is 1. The number of carbonyl (C=O) groups excluding carboxylic acids is 1. The molecule has 5 heteroatoms. The van der Waals surface area contributed by atoms with E-state index in [0.717, 1.165) is 45.4 Å². The highest BCUT2D eigenvalue weighted by atomic mass is 16.6. The SMILES string of the molecule is CN(C)CCN1CCC[C@H](OC(=O)NC(C)(C)C)CC1. The summed E-state index contributed by atoms with van der Waals surface area (Å²) >= 11 is 0. The van der Waals surface area contributed by atoms with E-state index in [4.69, 9.17) is 4.74 Å². The number of rotatable bonds is 4. The maximum absolute atomic E-state index is 11.8. The average molecular weight is 285 g/mol. The highest BCUT2D eigenvalue weighted by Gasteiger charge is 2.22. The Labute approximate surface area is 123 Å². The monoisotopic (exact) mass is 285 g/mol. The molecule has 0 unspecified atom stereocenters. The first kappa shape index (κ1) is 17.2. The van der Waals surface area contributed by atoms with Gasteiger partial charge in [-0.25, -0.2) is 4.79 Å². The van der Waals surface area contributed by atoms with E-state index in [0.29, 0.717) is 0 Å². The van der Waals surface area contributed by atoms with Gasteiger partial charge in [-0.05, 0) is 60.7 Å². The van der Waals surface area contributed by atoms with Gasteiger partial charge in [-0.2, -0.15) is 0 Å². The minimum absolute atomic E-state index is 0.0571. The molecule has 1 aliphatic rings. The molecule has 1 amide bonds. The van der Waals surface area contributed by atoms with Crippen molar-refractivity contribution in [3.63, 3.8) is 0 Å². The van der Waals surface area contributed by atoms with Crippen LogP contribution in [0.25, 0.3) is 0 Å². The number of hydrogen-bond acceptors (Lipinski definition) is 4. The molecule has 1 aliphatic heterocycles. The molecule has 1 atom stereocenters. The van der Waals surface area contributed by atoms with E-state index in [1.165, 1.54) is 0 Å². The second-order valence-electron chi connectivity index (χ2n) is 6.98. The van der Waals surface area contributed by atoms with Crippen molar-refractivity contribution in [3.05, 3.63) is 0 Å². The van der Waals surface area contributed by atoms with Gasteiger partial charge in [-0.15, -0.1) is 0 Å². The van der Waals surface area contributed by atoms with Crippen LogP contribution in [0.2, 0.25) is 0 Å². The Morgan fingerprint density at radius 3 is 2.60 bits per heavy atom. The molecule has 0 bridgehead atoms. The zero-order valence-electron chi connectivity index (χ0n) is 13.7. The summed E-state index contributed by atoms with van der Waals surface area (Å²) in [5.41, 5.74) is -0.237. The molecule has 0 spiro atoms. The first-order chi connectivity index (χ1) is 9.26. The molecule has 0 aromatic carbocycles. The lowest BCUT2D eigenvalue weighted by atomic mass is 10.1. The highest BCUT2D eigenvalue weighted by Crippen LogP contribution is 2.14. The van der Waals surface area contributed by atoms with Crippen molar-refractivity contribution >= 4 is 6.09 Å². The minimum Gasteiger partial charge on any atom is -0.446 e. The molecule has 5 nitrogen and oxygen atoms in total. The Morgan fingerprint density at radius 2 is 2.00 bits per heavy atom. The van der Waals surface area contributed by atoms with Crippen LogP contribution in [0.15, 0.2) is 0 Å². The molecule has 1 saturated heterocycles. The predicted molar refractivity (Wildman–Crippen MR) is 82.0 cm³/mol. The largest absolute Gasteiger partial charge is 0.446 e. The number of carbonyl (C=O) groups is 1. The van der Waals surface area contributed by atoms with Gasteiger partial charge in [0.05, 0.1) is 0 Å². The third kappa shape index (κ3) is 7.70. The topological polar surface area (TPSA) is 44.8 Å². The van der Waals surface area contributed by atoms with Crippen molar-refractivity contribution in [2.45, 2.75) is 51.7 Å². The van der Waals surface area contributed by atoms with Gasteiger partial charge in [-0.3, -0.25) is 0 Å². The van der Waals surface area contributed by atoms with Crippen LogP contribution in [0.5, 0.6) is 0 Å². The summed E-state index contributed by atoms with van der Waals surface area (Å²) in [4.78, 5) is 16.4. The van der Waals surface area contributed by atoms with E-state index in [1.54, 1.807) is 0 Å². The molecule has 0 aromatic rings. The van der Waals surface area contributed by atoms with Gasteiger partial charge in [0, 0.05) is 25.2 Å². The summed E-state index contributed by atoms with van der Waals surface area (Å²) < 4.78 is 5.53. The molecule has 1 heterocycles. The molecule has 1 rings (SSSR count). The van der Waals surface area contributed by atoms with Crippen LogP contribution in [0.4, 0.5) is 4.79 Å². The molecular formula is C15H31N3O2. The van der Waals surface area contributed by atoms with Crippen LogP contribution >= 0.6 is 0 Å². The van der Waals surface area contributed by atoms with E-state index in [1.807, 2.05) is 20.8 Å². The fourth-order valence-electron chi connectivity index (χ4n) is 2.30. The molecule has 0 aliphatic carbocycles. The lowest BCUT2D eigenvalue weighted by Gasteiger charge is -2.23. The van der Waals surface area contributed by atoms with Crippen LogP contribution in [-0.4, -0.2) is 67.8 Å². The summed E-state index contributed by atoms with van der Waals surface area (Å²) in [6.07, 6.45) is 2.77. The van der Waals surface area contributed by atoms with E-state index in [-0.39, 0.29) is 17.7 Å². The normalized spacial score (nSPS) is 21.6. The third-order valence-corrected chi connectivity index (χ3v) is 3.38. The molecule has 0 aromatic heterocycles. The number of alkyl carbamates (subject to hydrolysis) is 1. The molecule has 20 heavy (non-hydrogen) atoms. The number of nitrogens with one attached hydrogen (secondary N) is 1. The Kier molecular flexibility index (Phi) is 6.76. The maximum atomic E-state index is 11.8. The molecule has 1 N–H and O–H groups in total. The van der Waals surface area contributed by atoms with Gasteiger partial charge in [0.2, 0.25) is 0 Å². The van der Waals surface area contributed by atoms with Gasteiger partial charge in [-0.1, -0.05) is 0 Å². The summed E-state index contributed by atoms with van der Waals surface area (Å²) in [6, 6.07) is 0. The lowest BCUT2D eigenvalue weighted by Crippen LogP contribution is -2.42. The Bertz CT molecular complexity index is 300. The first-order valence-corrected chi connectivity index (χ1v) is 7.62. The second-order valence-corrected chi connectivity index (χ2v) is 6.98. The van der Waals surface area contributed by atoms with Crippen molar-refractivity contribution in [2.24, 2.45) is 0 Å². The Balaban J connectivity index is 2.31. The van der Waals surface area contributed by atoms with Crippen LogP contribution in [0, 0.1) is 0 Å². The summed E-state index contributed by atoms with van der Waals surface area (Å²) in [7, 11) is 4.20. The number of likely N-dealkylation sites (N-methyl/N-ethyl adjacent to an activating group) is 1. The van der Waals surface area contributed by atoms with Gasteiger partial charge >= 0.3 is 6.09 Å². The van der Waals surface area contributed by atoms with Crippen molar-refractivity contribution in [3.8, 4) is 0 Å². The van der Waals surface area contributed by atoms with E-state index in [9.17, 15) is 4.79 Å². The van der Waals surface area contributed by atoms with E-state index >= 15 is 0 Å². The zero-order valence-corrected chi connectivity index (χ0v) is 13.7. The number of likely N-dealkylation sites (tertiary alicyclic amines) is 1.